The maximum atomic E-state index is 13.2. The monoisotopic (exact) mass is 285 g/mol. The Kier molecular flexibility index (Phi) is 4.19. The number of hydrogen-bond donors (Lipinski definition) is 1. The lowest BCUT2D eigenvalue weighted by Gasteiger charge is -2.11. The molecule has 0 aromatic heterocycles. The molecule has 0 heterocycles. The van der Waals surface area contributed by atoms with Gasteiger partial charge >= 0.3 is 5.97 Å². The van der Waals surface area contributed by atoms with Crippen LogP contribution in [0.3, 0.4) is 0 Å². The number of rotatable bonds is 4. The molecule has 2 rings (SSSR count). The van der Waals surface area contributed by atoms with Crippen molar-refractivity contribution < 1.29 is 19.0 Å². The van der Waals surface area contributed by atoms with Gasteiger partial charge in [0.25, 0.3) is 0 Å². The summed E-state index contributed by atoms with van der Waals surface area (Å²) in [6, 6.07) is 10.0. The van der Waals surface area contributed by atoms with Gasteiger partial charge in [-0.05, 0) is 48.4 Å². The molecule has 0 bridgehead atoms. The van der Waals surface area contributed by atoms with Crippen molar-refractivity contribution in [3.8, 4) is 17.6 Å². The quantitative estimate of drug-likeness (QED) is 0.928. The van der Waals surface area contributed by atoms with Crippen LogP contribution in [0.15, 0.2) is 36.4 Å². The van der Waals surface area contributed by atoms with Crippen LogP contribution in [0.2, 0.25) is 0 Å². The molecule has 1 N–H and O–H groups in total. The molecule has 106 valence electrons. The van der Waals surface area contributed by atoms with E-state index in [1.54, 1.807) is 0 Å². The normalized spacial score (nSPS) is 9.95. The van der Waals surface area contributed by atoms with E-state index in [2.05, 4.69) is 0 Å². The number of halogens is 1. The van der Waals surface area contributed by atoms with Crippen LogP contribution in [-0.4, -0.2) is 11.1 Å². The van der Waals surface area contributed by atoms with Gasteiger partial charge in [0.2, 0.25) is 0 Å². The molecule has 0 aliphatic heterocycles. The van der Waals surface area contributed by atoms with Crippen LogP contribution in [0.25, 0.3) is 0 Å². The molecule has 0 amide bonds. The van der Waals surface area contributed by atoms with Gasteiger partial charge in [0.05, 0.1) is 11.1 Å². The van der Waals surface area contributed by atoms with Crippen molar-refractivity contribution >= 4 is 5.97 Å². The molecule has 0 spiro atoms. The Morgan fingerprint density at radius 3 is 2.62 bits per heavy atom. The topological polar surface area (TPSA) is 70.3 Å². The third kappa shape index (κ3) is 3.18. The number of benzene rings is 2. The minimum atomic E-state index is -1.12. The molecule has 0 radical (unpaired) electrons. The lowest BCUT2D eigenvalue weighted by atomic mass is 10.1. The molecule has 5 heteroatoms. The van der Waals surface area contributed by atoms with Crippen molar-refractivity contribution in [1.82, 2.24) is 0 Å². The summed E-state index contributed by atoms with van der Waals surface area (Å²) in [5, 5.41) is 18.0. The number of aromatic carboxylic acids is 1. The molecular weight excluding hydrogens is 273 g/mol. The summed E-state index contributed by atoms with van der Waals surface area (Å²) < 4.78 is 18.8. The highest BCUT2D eigenvalue weighted by Gasteiger charge is 2.12. The summed E-state index contributed by atoms with van der Waals surface area (Å²) in [7, 11) is 0. The summed E-state index contributed by atoms with van der Waals surface area (Å²) in [5.41, 5.74) is 0.788. The number of aryl methyl sites for hydroxylation is 1. The van der Waals surface area contributed by atoms with Crippen LogP contribution >= 0.6 is 0 Å². The van der Waals surface area contributed by atoms with Crippen molar-refractivity contribution in [2.75, 3.05) is 0 Å². The molecule has 2 aromatic carbocycles. The first-order valence-corrected chi connectivity index (χ1v) is 6.29. The number of nitrogens with zero attached hydrogens (tertiary/aromatic N) is 1. The third-order valence-electron chi connectivity index (χ3n) is 2.97. The van der Waals surface area contributed by atoms with Crippen LogP contribution in [-0.2, 0) is 6.42 Å². The Bertz CT molecular complexity index is 735. The van der Waals surface area contributed by atoms with E-state index in [1.807, 2.05) is 13.0 Å². The fraction of sp³-hybridized carbons (Fsp3) is 0.125. The highest BCUT2D eigenvalue weighted by Crippen LogP contribution is 2.29. The fourth-order valence-electron chi connectivity index (χ4n) is 1.88. The smallest absolute Gasteiger partial charge is 0.335 e. The zero-order valence-corrected chi connectivity index (χ0v) is 11.3. The average Bonchev–Trinajstić information content (AvgIpc) is 2.49. The number of carboxylic acid groups (broad SMARTS) is 1. The first-order chi connectivity index (χ1) is 10.0. The molecule has 4 nitrogen and oxygen atoms in total. The van der Waals surface area contributed by atoms with Gasteiger partial charge in [-0.3, -0.25) is 0 Å². The van der Waals surface area contributed by atoms with E-state index < -0.39 is 5.97 Å². The fourth-order valence-corrected chi connectivity index (χ4v) is 1.88. The molecular formula is C16H12FNO3. The summed E-state index contributed by atoms with van der Waals surface area (Å²) >= 11 is 0. The Labute approximate surface area is 121 Å². The van der Waals surface area contributed by atoms with E-state index >= 15 is 0 Å². The number of carbonyl (C=O) groups is 1. The van der Waals surface area contributed by atoms with E-state index in [9.17, 15) is 9.18 Å². The largest absolute Gasteiger partial charge is 0.478 e. The van der Waals surface area contributed by atoms with Crippen molar-refractivity contribution in [3.63, 3.8) is 0 Å². The first-order valence-electron chi connectivity index (χ1n) is 6.29. The lowest BCUT2D eigenvalue weighted by Crippen LogP contribution is -1.99. The predicted molar refractivity (Wildman–Crippen MR) is 74.0 cm³/mol. The van der Waals surface area contributed by atoms with Crippen molar-refractivity contribution in [2.45, 2.75) is 13.3 Å². The van der Waals surface area contributed by atoms with Crippen LogP contribution in [0.4, 0.5) is 4.39 Å². The molecule has 0 saturated carbocycles. The van der Waals surface area contributed by atoms with Gasteiger partial charge in [0.15, 0.2) is 0 Å². The Morgan fingerprint density at radius 2 is 2.00 bits per heavy atom. The summed E-state index contributed by atoms with van der Waals surface area (Å²) in [6.07, 6.45) is 0.572. The molecule has 0 aliphatic carbocycles. The highest BCUT2D eigenvalue weighted by molar-refractivity contribution is 5.88. The molecule has 2 aromatic rings. The van der Waals surface area contributed by atoms with Gasteiger partial charge in [-0.2, -0.15) is 5.26 Å². The number of hydrogen-bond acceptors (Lipinski definition) is 3. The highest BCUT2D eigenvalue weighted by atomic mass is 19.1. The van der Waals surface area contributed by atoms with E-state index in [1.165, 1.54) is 36.4 Å². The summed E-state index contributed by atoms with van der Waals surface area (Å²) in [5.74, 6) is -0.794. The van der Waals surface area contributed by atoms with Crippen LogP contribution in [0.1, 0.15) is 28.4 Å². The standard InChI is InChI=1S/C16H12FNO3/c1-2-10-8-13(17)4-6-14(10)21-15-5-3-11(16(19)20)7-12(15)9-18/h3-8H,2H2,1H3,(H,19,20). The lowest BCUT2D eigenvalue weighted by molar-refractivity contribution is 0.0697. The first kappa shape index (κ1) is 14.5. The molecule has 21 heavy (non-hydrogen) atoms. The number of nitriles is 1. The van der Waals surface area contributed by atoms with Crippen molar-refractivity contribution in [2.24, 2.45) is 0 Å². The van der Waals surface area contributed by atoms with E-state index in [0.717, 1.165) is 0 Å². The summed E-state index contributed by atoms with van der Waals surface area (Å²) in [4.78, 5) is 10.9. The third-order valence-corrected chi connectivity index (χ3v) is 2.97. The average molecular weight is 285 g/mol. The van der Waals surface area contributed by atoms with Gasteiger partial charge in [-0.25, -0.2) is 9.18 Å². The van der Waals surface area contributed by atoms with Crippen LogP contribution in [0, 0.1) is 17.1 Å². The predicted octanol–water partition coefficient (Wildman–Crippen LogP) is 3.75. The van der Waals surface area contributed by atoms with E-state index in [4.69, 9.17) is 15.1 Å². The van der Waals surface area contributed by atoms with Gasteiger partial charge in [0, 0.05) is 0 Å². The van der Waals surface area contributed by atoms with Crippen molar-refractivity contribution in [1.29, 1.82) is 5.26 Å². The van der Waals surface area contributed by atoms with Crippen LogP contribution in [0.5, 0.6) is 11.5 Å². The zero-order chi connectivity index (χ0) is 15.4. The second-order valence-corrected chi connectivity index (χ2v) is 4.34. The Morgan fingerprint density at radius 1 is 1.29 bits per heavy atom. The molecule has 0 aliphatic rings. The molecule has 0 unspecified atom stereocenters. The maximum Gasteiger partial charge on any atom is 0.335 e. The number of carboxylic acids is 1. The molecule has 0 saturated heterocycles. The van der Waals surface area contributed by atoms with Crippen LogP contribution < -0.4 is 4.74 Å². The molecule has 0 atom stereocenters. The second kappa shape index (κ2) is 6.06. The zero-order valence-electron chi connectivity index (χ0n) is 11.3. The Hall–Kier alpha value is -2.87. The Balaban J connectivity index is 2.40. The SMILES string of the molecule is CCc1cc(F)ccc1Oc1ccc(C(=O)O)cc1C#N. The van der Waals surface area contributed by atoms with Gasteiger partial charge in [-0.15, -0.1) is 0 Å². The van der Waals surface area contributed by atoms with Gasteiger partial charge in [-0.1, -0.05) is 6.92 Å². The second-order valence-electron chi connectivity index (χ2n) is 4.34. The maximum absolute atomic E-state index is 13.2. The van der Waals surface area contributed by atoms with Gasteiger partial charge < -0.3 is 9.84 Å². The number of ether oxygens (including phenoxy) is 1. The summed E-state index contributed by atoms with van der Waals surface area (Å²) in [6.45, 7) is 1.86. The van der Waals surface area contributed by atoms with Gasteiger partial charge in [0.1, 0.15) is 23.4 Å². The minimum Gasteiger partial charge on any atom is -0.478 e. The van der Waals surface area contributed by atoms with E-state index in [-0.39, 0.29) is 22.7 Å². The van der Waals surface area contributed by atoms with Crippen molar-refractivity contribution in [3.05, 3.63) is 58.9 Å². The molecule has 0 fully saturated rings. The minimum absolute atomic E-state index is 0.00808. The van der Waals surface area contributed by atoms with E-state index in [0.29, 0.717) is 17.7 Å².